The fraction of sp³-hybridized carbons (Fsp3) is 0.444. The summed E-state index contributed by atoms with van der Waals surface area (Å²) in [5, 5.41) is 5.62. The van der Waals surface area contributed by atoms with Gasteiger partial charge in [0.2, 0.25) is 0 Å². The Labute approximate surface area is 101 Å². The predicted octanol–water partition coefficient (Wildman–Crippen LogP) is 1.55. The molecule has 1 atom stereocenters. The van der Waals surface area contributed by atoms with Gasteiger partial charge in [-0.1, -0.05) is 16.9 Å². The van der Waals surface area contributed by atoms with Crippen molar-refractivity contribution in [3.63, 3.8) is 0 Å². The molecule has 1 aliphatic heterocycles. The maximum atomic E-state index is 11.1. The van der Waals surface area contributed by atoms with Crippen LogP contribution in [0.3, 0.4) is 0 Å². The Hall–Kier alpha value is -1.08. The highest BCUT2D eigenvalue weighted by molar-refractivity contribution is 8.01. The van der Waals surface area contributed by atoms with Gasteiger partial charge in [0.25, 0.3) is 0 Å². The van der Waals surface area contributed by atoms with Crippen molar-refractivity contribution >= 4 is 34.8 Å². The second kappa shape index (κ2) is 5.31. The third-order valence-electron chi connectivity index (χ3n) is 1.96. The quantitative estimate of drug-likeness (QED) is 0.606. The normalized spacial score (nSPS) is 19.1. The SMILES string of the molecule is COC(=O)C1=NOC(CSc2nccs2)C1. The molecule has 0 aliphatic carbocycles. The zero-order valence-corrected chi connectivity index (χ0v) is 10.2. The van der Waals surface area contributed by atoms with Crippen LogP contribution in [0.25, 0.3) is 0 Å². The molecule has 7 heteroatoms. The lowest BCUT2D eigenvalue weighted by Gasteiger charge is -2.04. The first-order valence-electron chi connectivity index (χ1n) is 4.63. The van der Waals surface area contributed by atoms with E-state index in [-0.39, 0.29) is 6.10 Å². The first kappa shape index (κ1) is 11.4. The number of rotatable bonds is 4. The Morgan fingerprint density at radius 2 is 2.69 bits per heavy atom. The predicted molar refractivity (Wildman–Crippen MR) is 61.8 cm³/mol. The number of carbonyl (C=O) groups excluding carboxylic acids is 1. The summed E-state index contributed by atoms with van der Waals surface area (Å²) in [4.78, 5) is 20.4. The minimum atomic E-state index is -0.415. The zero-order valence-electron chi connectivity index (χ0n) is 8.58. The highest BCUT2D eigenvalue weighted by Crippen LogP contribution is 2.24. The maximum absolute atomic E-state index is 11.1. The number of thiazole rings is 1. The molecular formula is C9H10N2O3S2. The highest BCUT2D eigenvalue weighted by Gasteiger charge is 2.26. The Kier molecular flexibility index (Phi) is 3.79. The number of oxime groups is 1. The van der Waals surface area contributed by atoms with Crippen molar-refractivity contribution in [1.82, 2.24) is 4.98 Å². The molecule has 0 N–H and O–H groups in total. The standard InChI is InChI=1S/C9H10N2O3S2/c1-13-8(12)7-4-6(14-11-7)5-16-9-10-2-3-15-9/h2-3,6H,4-5H2,1H3. The van der Waals surface area contributed by atoms with Gasteiger partial charge in [-0.3, -0.25) is 0 Å². The molecular weight excluding hydrogens is 248 g/mol. The molecule has 2 rings (SSSR count). The number of carbonyl (C=O) groups is 1. The van der Waals surface area contributed by atoms with Crippen molar-refractivity contribution < 1.29 is 14.4 Å². The van der Waals surface area contributed by atoms with Crippen LogP contribution in [0.5, 0.6) is 0 Å². The van der Waals surface area contributed by atoms with E-state index in [0.717, 1.165) is 10.1 Å². The van der Waals surface area contributed by atoms with Crippen LogP contribution in [-0.4, -0.2) is 35.6 Å². The molecule has 86 valence electrons. The van der Waals surface area contributed by atoms with Gasteiger partial charge < -0.3 is 9.57 Å². The van der Waals surface area contributed by atoms with E-state index in [0.29, 0.717) is 12.1 Å². The molecule has 1 aromatic rings. The van der Waals surface area contributed by atoms with Crippen LogP contribution in [-0.2, 0) is 14.4 Å². The van der Waals surface area contributed by atoms with Gasteiger partial charge in [0.1, 0.15) is 10.4 Å². The largest absolute Gasteiger partial charge is 0.464 e. The fourth-order valence-corrected chi connectivity index (χ4v) is 2.85. The number of thioether (sulfide) groups is 1. The van der Waals surface area contributed by atoms with Crippen LogP contribution < -0.4 is 0 Å². The van der Waals surface area contributed by atoms with Gasteiger partial charge in [-0.25, -0.2) is 9.78 Å². The molecule has 1 aromatic heterocycles. The van der Waals surface area contributed by atoms with Crippen molar-refractivity contribution in [2.75, 3.05) is 12.9 Å². The van der Waals surface area contributed by atoms with Crippen LogP contribution in [0.2, 0.25) is 0 Å². The van der Waals surface area contributed by atoms with E-state index in [1.54, 1.807) is 29.3 Å². The summed E-state index contributed by atoms with van der Waals surface area (Å²) in [6.45, 7) is 0. The van der Waals surface area contributed by atoms with Gasteiger partial charge in [-0.15, -0.1) is 11.3 Å². The summed E-state index contributed by atoms with van der Waals surface area (Å²) in [5.41, 5.74) is 0.354. The number of aromatic nitrogens is 1. The zero-order chi connectivity index (χ0) is 11.4. The van der Waals surface area contributed by atoms with E-state index in [1.807, 2.05) is 5.38 Å². The molecule has 0 saturated heterocycles. The number of hydrogen-bond donors (Lipinski definition) is 0. The molecule has 0 saturated carbocycles. The lowest BCUT2D eigenvalue weighted by atomic mass is 10.2. The van der Waals surface area contributed by atoms with Gasteiger partial charge in [0.05, 0.1) is 7.11 Å². The van der Waals surface area contributed by atoms with E-state index < -0.39 is 5.97 Å². The van der Waals surface area contributed by atoms with Crippen LogP contribution in [0.4, 0.5) is 0 Å². The number of nitrogens with zero attached hydrogens (tertiary/aromatic N) is 2. The monoisotopic (exact) mass is 258 g/mol. The lowest BCUT2D eigenvalue weighted by Crippen LogP contribution is -2.17. The molecule has 0 radical (unpaired) electrons. The molecule has 1 aliphatic rings. The van der Waals surface area contributed by atoms with E-state index in [2.05, 4.69) is 14.9 Å². The minimum Gasteiger partial charge on any atom is -0.464 e. The molecule has 0 bridgehead atoms. The van der Waals surface area contributed by atoms with Crippen molar-refractivity contribution in [2.45, 2.75) is 16.9 Å². The Balaban J connectivity index is 1.77. The summed E-state index contributed by atoms with van der Waals surface area (Å²) >= 11 is 3.19. The lowest BCUT2D eigenvalue weighted by molar-refractivity contribution is -0.132. The summed E-state index contributed by atoms with van der Waals surface area (Å²) in [7, 11) is 1.34. The average molecular weight is 258 g/mol. The second-order valence-corrected chi connectivity index (χ2v) is 5.23. The first-order valence-corrected chi connectivity index (χ1v) is 6.49. The Morgan fingerprint density at radius 3 is 3.38 bits per heavy atom. The highest BCUT2D eigenvalue weighted by atomic mass is 32.2. The van der Waals surface area contributed by atoms with Crippen LogP contribution in [0.1, 0.15) is 6.42 Å². The number of ether oxygens (including phenoxy) is 1. The fourth-order valence-electron chi connectivity index (χ4n) is 1.20. The van der Waals surface area contributed by atoms with Crippen LogP contribution in [0, 0.1) is 0 Å². The molecule has 0 spiro atoms. The van der Waals surface area contributed by atoms with Gasteiger partial charge >= 0.3 is 5.97 Å². The third-order valence-corrected chi connectivity index (χ3v) is 4.05. The molecule has 0 fully saturated rings. The molecule has 2 heterocycles. The second-order valence-electron chi connectivity index (χ2n) is 3.07. The summed E-state index contributed by atoms with van der Waals surface area (Å²) in [6.07, 6.45) is 2.20. The van der Waals surface area contributed by atoms with Gasteiger partial charge in [0, 0.05) is 23.8 Å². The number of esters is 1. The van der Waals surface area contributed by atoms with Crippen LogP contribution >= 0.6 is 23.1 Å². The smallest absolute Gasteiger partial charge is 0.355 e. The van der Waals surface area contributed by atoms with Crippen molar-refractivity contribution in [1.29, 1.82) is 0 Å². The molecule has 0 amide bonds. The van der Waals surface area contributed by atoms with Gasteiger partial charge in [-0.2, -0.15) is 0 Å². The topological polar surface area (TPSA) is 60.8 Å². The van der Waals surface area contributed by atoms with Crippen molar-refractivity contribution in [2.24, 2.45) is 5.16 Å². The molecule has 0 aromatic carbocycles. The van der Waals surface area contributed by atoms with Crippen LogP contribution in [0.15, 0.2) is 21.1 Å². The molecule has 16 heavy (non-hydrogen) atoms. The molecule has 5 nitrogen and oxygen atoms in total. The Bertz CT molecular complexity index is 391. The first-order chi connectivity index (χ1) is 7.79. The van der Waals surface area contributed by atoms with Crippen molar-refractivity contribution in [3.05, 3.63) is 11.6 Å². The van der Waals surface area contributed by atoms with E-state index in [4.69, 9.17) is 4.84 Å². The number of hydrogen-bond acceptors (Lipinski definition) is 7. The van der Waals surface area contributed by atoms with Gasteiger partial charge in [0.15, 0.2) is 5.71 Å². The number of methoxy groups -OCH3 is 1. The van der Waals surface area contributed by atoms with Crippen molar-refractivity contribution in [3.8, 4) is 0 Å². The van der Waals surface area contributed by atoms with E-state index in [1.165, 1.54) is 7.11 Å². The Morgan fingerprint density at radius 1 is 1.81 bits per heavy atom. The third kappa shape index (κ3) is 2.73. The van der Waals surface area contributed by atoms with E-state index in [9.17, 15) is 4.79 Å². The average Bonchev–Trinajstić information content (AvgIpc) is 2.96. The van der Waals surface area contributed by atoms with E-state index >= 15 is 0 Å². The maximum Gasteiger partial charge on any atom is 0.355 e. The summed E-state index contributed by atoms with van der Waals surface area (Å²) in [5.74, 6) is 0.319. The summed E-state index contributed by atoms with van der Waals surface area (Å²) < 4.78 is 5.56. The molecule has 1 unspecified atom stereocenters. The van der Waals surface area contributed by atoms with Gasteiger partial charge in [-0.05, 0) is 0 Å². The minimum absolute atomic E-state index is 0.0667. The summed E-state index contributed by atoms with van der Waals surface area (Å²) in [6, 6.07) is 0.